The Kier molecular flexibility index (Phi) is 7.18. The van der Waals surface area contributed by atoms with Crippen LogP contribution in [0.25, 0.3) is 0 Å². The summed E-state index contributed by atoms with van der Waals surface area (Å²) in [5, 5.41) is 3.01. The Bertz CT molecular complexity index is 487. The molecule has 0 saturated heterocycles. The van der Waals surface area contributed by atoms with E-state index in [0.29, 0.717) is 30.4 Å². The minimum absolute atomic E-state index is 0.0796. The van der Waals surface area contributed by atoms with Gasteiger partial charge in [0.2, 0.25) is 5.91 Å². The van der Waals surface area contributed by atoms with Crippen molar-refractivity contribution in [2.45, 2.75) is 26.3 Å². The summed E-state index contributed by atoms with van der Waals surface area (Å²) in [7, 11) is 7.23. The molecule has 124 valence electrons. The Morgan fingerprint density at radius 2 is 1.82 bits per heavy atom. The van der Waals surface area contributed by atoms with Crippen molar-refractivity contribution in [3.8, 4) is 11.5 Å². The molecule has 0 fully saturated rings. The number of hydrogen-bond donors (Lipinski definition) is 1. The number of rotatable bonds is 8. The van der Waals surface area contributed by atoms with Crippen LogP contribution in [0, 0.1) is 5.92 Å². The Morgan fingerprint density at radius 3 is 2.32 bits per heavy atom. The van der Waals surface area contributed by atoms with Crippen LogP contribution >= 0.6 is 0 Å². The van der Waals surface area contributed by atoms with Crippen LogP contribution in [-0.4, -0.2) is 45.7 Å². The molecule has 0 aromatic heterocycles. The molecule has 0 heterocycles. The van der Waals surface area contributed by atoms with E-state index < -0.39 is 0 Å². The third-order valence-electron chi connectivity index (χ3n) is 3.50. The van der Waals surface area contributed by atoms with Crippen molar-refractivity contribution in [3.05, 3.63) is 23.8 Å². The zero-order chi connectivity index (χ0) is 16.7. The van der Waals surface area contributed by atoms with Crippen LogP contribution in [0.2, 0.25) is 0 Å². The Labute approximate surface area is 133 Å². The van der Waals surface area contributed by atoms with Gasteiger partial charge in [-0.05, 0) is 37.7 Å². The van der Waals surface area contributed by atoms with Crippen LogP contribution in [-0.2, 0) is 4.79 Å². The number of hydrogen-bond acceptors (Lipinski definition) is 4. The molecule has 0 aliphatic rings. The lowest BCUT2D eigenvalue weighted by Crippen LogP contribution is -2.35. The van der Waals surface area contributed by atoms with Crippen molar-refractivity contribution in [1.29, 1.82) is 0 Å². The summed E-state index contributed by atoms with van der Waals surface area (Å²) in [6.45, 7) is 4.64. The van der Waals surface area contributed by atoms with Gasteiger partial charge in [0.15, 0.2) is 11.5 Å². The fourth-order valence-corrected chi connectivity index (χ4v) is 2.31. The monoisotopic (exact) mass is 308 g/mol. The van der Waals surface area contributed by atoms with Gasteiger partial charge in [-0.2, -0.15) is 0 Å². The average Bonchev–Trinajstić information content (AvgIpc) is 2.46. The third-order valence-corrected chi connectivity index (χ3v) is 3.50. The molecule has 1 N–H and O–H groups in total. The molecule has 1 aromatic carbocycles. The average molecular weight is 308 g/mol. The second-order valence-electron chi connectivity index (χ2n) is 6.00. The summed E-state index contributed by atoms with van der Waals surface area (Å²) in [5.41, 5.74) is 1.08. The van der Waals surface area contributed by atoms with Crippen LogP contribution in [0.1, 0.15) is 31.9 Å². The smallest absolute Gasteiger partial charge is 0.220 e. The standard InChI is InChI=1S/C17H28N2O3/c1-12(2)9-17(20)18-11-14(19(3)4)13-7-8-15(21-5)16(10-13)22-6/h7-8,10,12,14H,9,11H2,1-6H3,(H,18,20). The van der Waals surface area contributed by atoms with Crippen LogP contribution in [0.15, 0.2) is 18.2 Å². The zero-order valence-electron chi connectivity index (χ0n) is 14.5. The molecule has 1 unspecified atom stereocenters. The Balaban J connectivity index is 2.85. The number of ether oxygens (including phenoxy) is 2. The summed E-state index contributed by atoms with van der Waals surface area (Å²) in [6, 6.07) is 5.93. The number of likely N-dealkylation sites (N-methyl/N-ethyl adjacent to an activating group) is 1. The van der Waals surface area contributed by atoms with E-state index in [-0.39, 0.29) is 11.9 Å². The maximum atomic E-state index is 11.9. The van der Waals surface area contributed by atoms with Gasteiger partial charge in [-0.15, -0.1) is 0 Å². The van der Waals surface area contributed by atoms with Crippen molar-refractivity contribution >= 4 is 5.91 Å². The van der Waals surface area contributed by atoms with Gasteiger partial charge in [0.1, 0.15) is 0 Å². The highest BCUT2D eigenvalue weighted by Crippen LogP contribution is 2.31. The molecule has 1 atom stereocenters. The van der Waals surface area contributed by atoms with E-state index in [0.717, 1.165) is 5.56 Å². The number of nitrogens with zero attached hydrogens (tertiary/aromatic N) is 1. The lowest BCUT2D eigenvalue weighted by molar-refractivity contribution is -0.122. The Morgan fingerprint density at radius 1 is 1.18 bits per heavy atom. The van der Waals surface area contributed by atoms with E-state index in [2.05, 4.69) is 10.2 Å². The van der Waals surface area contributed by atoms with Gasteiger partial charge in [-0.3, -0.25) is 4.79 Å². The molecular weight excluding hydrogens is 280 g/mol. The zero-order valence-corrected chi connectivity index (χ0v) is 14.5. The van der Waals surface area contributed by atoms with Crippen LogP contribution < -0.4 is 14.8 Å². The fourth-order valence-electron chi connectivity index (χ4n) is 2.31. The minimum Gasteiger partial charge on any atom is -0.493 e. The SMILES string of the molecule is COc1ccc(C(CNC(=O)CC(C)C)N(C)C)cc1OC. The maximum absolute atomic E-state index is 11.9. The van der Waals surface area contributed by atoms with Crippen LogP contribution in [0.4, 0.5) is 0 Å². The number of carbonyl (C=O) groups excluding carboxylic acids is 1. The molecule has 0 aliphatic carbocycles. The van der Waals surface area contributed by atoms with E-state index in [9.17, 15) is 4.79 Å². The van der Waals surface area contributed by atoms with Crippen molar-refractivity contribution in [1.82, 2.24) is 10.2 Å². The van der Waals surface area contributed by atoms with Gasteiger partial charge in [-0.1, -0.05) is 19.9 Å². The second kappa shape index (κ2) is 8.63. The summed E-state index contributed by atoms with van der Waals surface area (Å²) in [5.74, 6) is 1.84. The molecule has 5 nitrogen and oxygen atoms in total. The summed E-state index contributed by atoms with van der Waals surface area (Å²) in [6.07, 6.45) is 0.548. The Hall–Kier alpha value is -1.75. The normalized spacial score (nSPS) is 12.4. The molecule has 0 spiro atoms. The number of nitrogens with one attached hydrogen (secondary N) is 1. The topological polar surface area (TPSA) is 50.8 Å². The van der Waals surface area contributed by atoms with E-state index in [4.69, 9.17) is 9.47 Å². The van der Waals surface area contributed by atoms with Crippen molar-refractivity contribution in [3.63, 3.8) is 0 Å². The minimum atomic E-state index is 0.0796. The molecule has 0 bridgehead atoms. The molecular formula is C17H28N2O3. The quantitative estimate of drug-likeness (QED) is 0.801. The summed E-state index contributed by atoms with van der Waals surface area (Å²) in [4.78, 5) is 13.9. The first-order valence-corrected chi connectivity index (χ1v) is 7.54. The highest BCUT2D eigenvalue weighted by Gasteiger charge is 2.17. The van der Waals surface area contributed by atoms with Gasteiger partial charge in [0, 0.05) is 13.0 Å². The summed E-state index contributed by atoms with van der Waals surface area (Å²) >= 11 is 0. The fraction of sp³-hybridized carbons (Fsp3) is 0.588. The molecule has 1 rings (SSSR count). The first-order chi connectivity index (χ1) is 10.4. The lowest BCUT2D eigenvalue weighted by Gasteiger charge is -2.26. The molecule has 22 heavy (non-hydrogen) atoms. The molecule has 0 saturated carbocycles. The number of amides is 1. The lowest BCUT2D eigenvalue weighted by atomic mass is 10.0. The molecule has 5 heteroatoms. The van der Waals surface area contributed by atoms with E-state index in [1.165, 1.54) is 0 Å². The van der Waals surface area contributed by atoms with Crippen LogP contribution in [0.5, 0.6) is 11.5 Å². The van der Waals surface area contributed by atoms with Crippen molar-refractivity contribution in [2.75, 3.05) is 34.9 Å². The molecule has 1 aromatic rings. The predicted octanol–water partition coefficient (Wildman–Crippen LogP) is 2.47. The van der Waals surface area contributed by atoms with Crippen molar-refractivity contribution < 1.29 is 14.3 Å². The number of benzene rings is 1. The van der Waals surface area contributed by atoms with Gasteiger partial charge in [0.05, 0.1) is 20.3 Å². The number of methoxy groups -OCH3 is 2. The maximum Gasteiger partial charge on any atom is 0.220 e. The van der Waals surface area contributed by atoms with E-state index in [1.54, 1.807) is 14.2 Å². The first-order valence-electron chi connectivity index (χ1n) is 7.54. The highest BCUT2D eigenvalue weighted by atomic mass is 16.5. The van der Waals surface area contributed by atoms with Gasteiger partial charge in [-0.25, -0.2) is 0 Å². The third kappa shape index (κ3) is 5.22. The van der Waals surface area contributed by atoms with E-state index in [1.807, 2.05) is 46.1 Å². The molecule has 0 radical (unpaired) electrons. The molecule has 1 amide bonds. The predicted molar refractivity (Wildman–Crippen MR) is 88.4 cm³/mol. The van der Waals surface area contributed by atoms with Crippen molar-refractivity contribution in [2.24, 2.45) is 5.92 Å². The van der Waals surface area contributed by atoms with E-state index >= 15 is 0 Å². The van der Waals surface area contributed by atoms with Crippen LogP contribution in [0.3, 0.4) is 0 Å². The second-order valence-corrected chi connectivity index (χ2v) is 6.00. The number of carbonyl (C=O) groups is 1. The van der Waals surface area contributed by atoms with Gasteiger partial charge < -0.3 is 19.7 Å². The first kappa shape index (κ1) is 18.3. The van der Waals surface area contributed by atoms with Gasteiger partial charge in [0.25, 0.3) is 0 Å². The highest BCUT2D eigenvalue weighted by molar-refractivity contribution is 5.76. The summed E-state index contributed by atoms with van der Waals surface area (Å²) < 4.78 is 10.6. The molecule has 0 aliphatic heterocycles. The largest absolute Gasteiger partial charge is 0.493 e. The van der Waals surface area contributed by atoms with Gasteiger partial charge >= 0.3 is 0 Å².